The Balaban J connectivity index is 1.56. The van der Waals surface area contributed by atoms with Crippen molar-refractivity contribution in [1.82, 2.24) is 5.32 Å². The van der Waals surface area contributed by atoms with Crippen LogP contribution in [0.1, 0.15) is 28.2 Å². The standard InChI is InChI=1S/C18H18N2O/c1-21-18-8-13(6-7-15(18)10-19)11-20-12-16-9-14-4-2-3-5-17(14)16/h2-8,16,20H,9,11-12H2,1H3. The first-order chi connectivity index (χ1) is 10.3. The fraction of sp³-hybridized carbons (Fsp3) is 0.278. The molecule has 106 valence electrons. The third kappa shape index (κ3) is 2.76. The summed E-state index contributed by atoms with van der Waals surface area (Å²) in [5, 5.41) is 12.5. The van der Waals surface area contributed by atoms with E-state index in [2.05, 4.69) is 35.7 Å². The van der Waals surface area contributed by atoms with Crippen LogP contribution in [0, 0.1) is 11.3 Å². The Hall–Kier alpha value is -2.31. The van der Waals surface area contributed by atoms with E-state index >= 15 is 0 Å². The molecule has 0 heterocycles. The Kier molecular flexibility index (Phi) is 3.89. The van der Waals surface area contributed by atoms with Gasteiger partial charge >= 0.3 is 0 Å². The SMILES string of the molecule is COc1cc(CNCC2Cc3ccccc32)ccc1C#N. The lowest BCUT2D eigenvalue weighted by Crippen LogP contribution is -2.28. The van der Waals surface area contributed by atoms with Crippen LogP contribution in [0.25, 0.3) is 0 Å². The highest BCUT2D eigenvalue weighted by molar-refractivity contribution is 5.45. The molecule has 3 rings (SSSR count). The summed E-state index contributed by atoms with van der Waals surface area (Å²) in [6.45, 7) is 1.78. The van der Waals surface area contributed by atoms with Gasteiger partial charge in [-0.2, -0.15) is 5.26 Å². The van der Waals surface area contributed by atoms with Crippen LogP contribution in [0.3, 0.4) is 0 Å². The molecule has 0 radical (unpaired) electrons. The Morgan fingerprint density at radius 3 is 2.90 bits per heavy atom. The zero-order valence-corrected chi connectivity index (χ0v) is 12.1. The van der Waals surface area contributed by atoms with E-state index < -0.39 is 0 Å². The Bertz CT molecular complexity index is 688. The largest absolute Gasteiger partial charge is 0.495 e. The average molecular weight is 278 g/mol. The van der Waals surface area contributed by atoms with Gasteiger partial charge in [0.15, 0.2) is 0 Å². The topological polar surface area (TPSA) is 45.0 Å². The summed E-state index contributed by atoms with van der Waals surface area (Å²) in [6, 6.07) is 16.5. The van der Waals surface area contributed by atoms with Crippen molar-refractivity contribution in [3.8, 4) is 11.8 Å². The molecule has 0 spiro atoms. The van der Waals surface area contributed by atoms with Crippen molar-refractivity contribution in [2.45, 2.75) is 18.9 Å². The molecule has 0 aliphatic heterocycles. The minimum absolute atomic E-state index is 0.578. The van der Waals surface area contributed by atoms with E-state index in [4.69, 9.17) is 10.00 Å². The van der Waals surface area contributed by atoms with Crippen molar-refractivity contribution in [3.63, 3.8) is 0 Å². The lowest BCUT2D eigenvalue weighted by Gasteiger charge is -2.30. The molecular weight excluding hydrogens is 260 g/mol. The number of fused-ring (bicyclic) bond motifs is 1. The van der Waals surface area contributed by atoms with Crippen molar-refractivity contribution >= 4 is 0 Å². The smallest absolute Gasteiger partial charge is 0.136 e. The lowest BCUT2D eigenvalue weighted by molar-refractivity contribution is 0.412. The number of hydrogen-bond donors (Lipinski definition) is 1. The van der Waals surface area contributed by atoms with E-state index in [0.29, 0.717) is 17.2 Å². The highest BCUT2D eigenvalue weighted by atomic mass is 16.5. The maximum Gasteiger partial charge on any atom is 0.136 e. The van der Waals surface area contributed by atoms with Crippen LogP contribution >= 0.6 is 0 Å². The summed E-state index contributed by atoms with van der Waals surface area (Å²) >= 11 is 0. The highest BCUT2D eigenvalue weighted by Gasteiger charge is 2.24. The quantitative estimate of drug-likeness (QED) is 0.914. The minimum Gasteiger partial charge on any atom is -0.495 e. The predicted octanol–water partition coefficient (Wildman–Crippen LogP) is 3.00. The molecule has 0 bridgehead atoms. The molecule has 2 aromatic carbocycles. The zero-order valence-electron chi connectivity index (χ0n) is 12.1. The second-order valence-corrected chi connectivity index (χ2v) is 5.38. The van der Waals surface area contributed by atoms with Crippen LogP contribution < -0.4 is 10.1 Å². The van der Waals surface area contributed by atoms with Gasteiger partial charge in [-0.25, -0.2) is 0 Å². The molecule has 1 aliphatic carbocycles. The van der Waals surface area contributed by atoms with E-state index in [9.17, 15) is 0 Å². The number of nitrogens with one attached hydrogen (secondary N) is 1. The van der Waals surface area contributed by atoms with E-state index in [-0.39, 0.29) is 0 Å². The van der Waals surface area contributed by atoms with Crippen molar-refractivity contribution in [1.29, 1.82) is 5.26 Å². The van der Waals surface area contributed by atoms with E-state index in [1.165, 1.54) is 17.5 Å². The lowest BCUT2D eigenvalue weighted by atomic mass is 9.77. The fourth-order valence-electron chi connectivity index (χ4n) is 2.87. The molecule has 0 fully saturated rings. The minimum atomic E-state index is 0.578. The number of benzene rings is 2. The molecule has 0 amide bonds. The van der Waals surface area contributed by atoms with Gasteiger partial charge in [0.2, 0.25) is 0 Å². The summed E-state index contributed by atoms with van der Waals surface area (Å²) in [7, 11) is 1.60. The van der Waals surface area contributed by atoms with E-state index in [1.807, 2.05) is 18.2 Å². The van der Waals surface area contributed by atoms with Crippen LogP contribution in [0.2, 0.25) is 0 Å². The Morgan fingerprint density at radius 1 is 1.29 bits per heavy atom. The molecule has 3 heteroatoms. The van der Waals surface area contributed by atoms with Gasteiger partial charge in [0.1, 0.15) is 11.8 Å². The van der Waals surface area contributed by atoms with Crippen LogP contribution in [0.4, 0.5) is 0 Å². The van der Waals surface area contributed by atoms with Crippen molar-refractivity contribution in [2.75, 3.05) is 13.7 Å². The van der Waals surface area contributed by atoms with Gasteiger partial charge in [-0.3, -0.25) is 0 Å². The van der Waals surface area contributed by atoms with Gasteiger partial charge in [0.05, 0.1) is 12.7 Å². The molecule has 21 heavy (non-hydrogen) atoms. The molecule has 0 saturated heterocycles. The molecule has 2 aromatic rings. The van der Waals surface area contributed by atoms with Gasteiger partial charge in [-0.05, 0) is 35.2 Å². The number of hydrogen-bond acceptors (Lipinski definition) is 3. The third-order valence-corrected chi connectivity index (χ3v) is 4.07. The summed E-state index contributed by atoms with van der Waals surface area (Å²) in [5.41, 5.74) is 4.67. The third-order valence-electron chi connectivity index (χ3n) is 4.07. The van der Waals surface area contributed by atoms with E-state index in [1.54, 1.807) is 7.11 Å². The summed E-state index contributed by atoms with van der Waals surface area (Å²) < 4.78 is 5.23. The molecular formula is C18H18N2O. The van der Waals surface area contributed by atoms with Crippen LogP contribution in [-0.4, -0.2) is 13.7 Å². The van der Waals surface area contributed by atoms with Gasteiger partial charge in [-0.15, -0.1) is 0 Å². The van der Waals surface area contributed by atoms with Gasteiger partial charge < -0.3 is 10.1 Å². The second-order valence-electron chi connectivity index (χ2n) is 5.38. The maximum absolute atomic E-state index is 8.98. The molecule has 0 saturated carbocycles. The van der Waals surface area contributed by atoms with Crippen LogP contribution in [0.5, 0.6) is 5.75 Å². The monoisotopic (exact) mass is 278 g/mol. The van der Waals surface area contributed by atoms with Crippen LogP contribution in [0.15, 0.2) is 42.5 Å². The number of ether oxygens (including phenoxy) is 1. The molecule has 1 N–H and O–H groups in total. The van der Waals surface area contributed by atoms with Gasteiger partial charge in [0, 0.05) is 19.0 Å². The molecule has 0 aromatic heterocycles. The zero-order chi connectivity index (χ0) is 14.7. The molecule has 1 atom stereocenters. The van der Waals surface area contributed by atoms with Crippen molar-refractivity contribution < 1.29 is 4.74 Å². The molecule has 3 nitrogen and oxygen atoms in total. The van der Waals surface area contributed by atoms with Crippen LogP contribution in [-0.2, 0) is 13.0 Å². The van der Waals surface area contributed by atoms with Gasteiger partial charge in [0.25, 0.3) is 0 Å². The van der Waals surface area contributed by atoms with E-state index in [0.717, 1.165) is 18.7 Å². The number of methoxy groups -OCH3 is 1. The Morgan fingerprint density at radius 2 is 2.14 bits per heavy atom. The first-order valence-corrected chi connectivity index (χ1v) is 7.17. The first-order valence-electron chi connectivity index (χ1n) is 7.17. The summed E-state index contributed by atoms with van der Waals surface area (Å²) in [6.07, 6.45) is 1.17. The average Bonchev–Trinajstić information content (AvgIpc) is 2.51. The van der Waals surface area contributed by atoms with Crippen molar-refractivity contribution in [3.05, 3.63) is 64.7 Å². The number of rotatable bonds is 5. The highest BCUT2D eigenvalue weighted by Crippen LogP contribution is 2.34. The summed E-state index contributed by atoms with van der Waals surface area (Å²) in [4.78, 5) is 0. The first kappa shape index (κ1) is 13.7. The predicted molar refractivity (Wildman–Crippen MR) is 82.3 cm³/mol. The Labute approximate surface area is 125 Å². The molecule has 1 aliphatic rings. The van der Waals surface area contributed by atoms with Crippen molar-refractivity contribution in [2.24, 2.45) is 0 Å². The normalized spacial score (nSPS) is 15.7. The molecule has 1 unspecified atom stereocenters. The second kappa shape index (κ2) is 5.99. The fourth-order valence-corrected chi connectivity index (χ4v) is 2.87. The summed E-state index contributed by atoms with van der Waals surface area (Å²) in [5.74, 6) is 1.27. The maximum atomic E-state index is 8.98. The van der Waals surface area contributed by atoms with Gasteiger partial charge in [-0.1, -0.05) is 30.3 Å². The number of nitriles is 1. The number of nitrogens with zero attached hydrogens (tertiary/aromatic N) is 1.